The van der Waals surface area contributed by atoms with Gasteiger partial charge >= 0.3 is 0 Å². The third kappa shape index (κ3) is 1.95. The first kappa shape index (κ1) is 9.46. The maximum absolute atomic E-state index is 11.1. The Morgan fingerprint density at radius 2 is 2.42 bits per heavy atom. The highest BCUT2D eigenvalue weighted by Gasteiger charge is 2.33. The Labute approximate surface area is 73.6 Å². The lowest BCUT2D eigenvalue weighted by Crippen LogP contribution is -2.22. The Kier molecular flexibility index (Phi) is 3.04. The van der Waals surface area contributed by atoms with Crippen molar-refractivity contribution in [2.24, 2.45) is 5.92 Å². The molecule has 1 heterocycles. The second-order valence-corrected chi connectivity index (χ2v) is 3.53. The zero-order chi connectivity index (χ0) is 9.14. The molecule has 12 heavy (non-hydrogen) atoms. The van der Waals surface area contributed by atoms with Gasteiger partial charge in [0.1, 0.15) is 6.10 Å². The van der Waals surface area contributed by atoms with Crippen LogP contribution in [-0.4, -0.2) is 18.0 Å². The van der Waals surface area contributed by atoms with Crippen LogP contribution < -0.4 is 0 Å². The van der Waals surface area contributed by atoms with Crippen LogP contribution >= 0.6 is 0 Å². The summed E-state index contributed by atoms with van der Waals surface area (Å²) in [6.07, 6.45) is 3.73. The molecule has 0 unspecified atom stereocenters. The molecule has 2 nitrogen and oxygen atoms in total. The van der Waals surface area contributed by atoms with E-state index < -0.39 is 0 Å². The van der Waals surface area contributed by atoms with Crippen molar-refractivity contribution in [2.75, 3.05) is 0 Å². The molecule has 0 N–H and O–H groups in total. The SMILES string of the molecule is C=CC[C@@H]1C[C@@H](C)[C@H](C(C)=O)O1. The maximum atomic E-state index is 11.1. The van der Waals surface area contributed by atoms with Gasteiger partial charge in [0.25, 0.3) is 0 Å². The number of ether oxygens (including phenoxy) is 1. The predicted molar refractivity (Wildman–Crippen MR) is 47.9 cm³/mol. The third-order valence-electron chi connectivity index (χ3n) is 2.32. The zero-order valence-corrected chi connectivity index (χ0v) is 7.75. The van der Waals surface area contributed by atoms with E-state index >= 15 is 0 Å². The van der Waals surface area contributed by atoms with Crippen molar-refractivity contribution < 1.29 is 9.53 Å². The van der Waals surface area contributed by atoms with E-state index in [-0.39, 0.29) is 18.0 Å². The Hall–Kier alpha value is -0.630. The normalized spacial score (nSPS) is 35.0. The fraction of sp³-hybridized carbons (Fsp3) is 0.700. The summed E-state index contributed by atoms with van der Waals surface area (Å²) >= 11 is 0. The van der Waals surface area contributed by atoms with Gasteiger partial charge in [-0.15, -0.1) is 6.58 Å². The van der Waals surface area contributed by atoms with Gasteiger partial charge in [-0.2, -0.15) is 0 Å². The number of hydrogen-bond donors (Lipinski definition) is 0. The van der Waals surface area contributed by atoms with Crippen LogP contribution in [0.25, 0.3) is 0 Å². The molecule has 0 aromatic carbocycles. The van der Waals surface area contributed by atoms with E-state index in [4.69, 9.17) is 4.74 Å². The number of rotatable bonds is 3. The van der Waals surface area contributed by atoms with Gasteiger partial charge in [0.15, 0.2) is 5.78 Å². The zero-order valence-electron chi connectivity index (χ0n) is 7.75. The number of carbonyl (C=O) groups excluding carboxylic acids is 1. The molecule has 1 saturated heterocycles. The van der Waals surface area contributed by atoms with Crippen LogP contribution in [0.15, 0.2) is 12.7 Å². The highest BCUT2D eigenvalue weighted by atomic mass is 16.5. The third-order valence-corrected chi connectivity index (χ3v) is 2.32. The van der Waals surface area contributed by atoms with Gasteiger partial charge in [0.2, 0.25) is 0 Å². The first-order valence-electron chi connectivity index (χ1n) is 4.42. The van der Waals surface area contributed by atoms with Crippen LogP contribution in [0.2, 0.25) is 0 Å². The molecule has 1 aliphatic heterocycles. The van der Waals surface area contributed by atoms with Crippen molar-refractivity contribution in [2.45, 2.75) is 38.9 Å². The van der Waals surface area contributed by atoms with Crippen LogP contribution in [0.1, 0.15) is 26.7 Å². The van der Waals surface area contributed by atoms with Crippen LogP contribution in [0.4, 0.5) is 0 Å². The molecule has 0 spiro atoms. The molecule has 0 radical (unpaired) electrons. The van der Waals surface area contributed by atoms with Crippen molar-refractivity contribution in [3.63, 3.8) is 0 Å². The predicted octanol–water partition coefficient (Wildman–Crippen LogP) is 1.95. The highest BCUT2D eigenvalue weighted by molar-refractivity contribution is 5.81. The molecular formula is C10H16O2. The topological polar surface area (TPSA) is 26.3 Å². The van der Waals surface area contributed by atoms with Crippen molar-refractivity contribution in [3.8, 4) is 0 Å². The maximum Gasteiger partial charge on any atom is 0.158 e. The molecule has 68 valence electrons. The van der Waals surface area contributed by atoms with Crippen molar-refractivity contribution in [1.82, 2.24) is 0 Å². The molecule has 0 aromatic rings. The van der Waals surface area contributed by atoms with Crippen LogP contribution in [-0.2, 0) is 9.53 Å². The number of ketones is 1. The second kappa shape index (κ2) is 3.85. The average molecular weight is 168 g/mol. The number of hydrogen-bond acceptors (Lipinski definition) is 2. The van der Waals surface area contributed by atoms with Crippen LogP contribution in [0.3, 0.4) is 0 Å². The Morgan fingerprint density at radius 1 is 1.75 bits per heavy atom. The van der Waals surface area contributed by atoms with Crippen molar-refractivity contribution >= 4 is 5.78 Å². The van der Waals surface area contributed by atoms with E-state index in [2.05, 4.69) is 13.5 Å². The van der Waals surface area contributed by atoms with Gasteiger partial charge in [-0.25, -0.2) is 0 Å². The van der Waals surface area contributed by atoms with E-state index in [1.165, 1.54) is 0 Å². The van der Waals surface area contributed by atoms with E-state index in [0.717, 1.165) is 12.8 Å². The first-order chi connectivity index (χ1) is 5.65. The lowest BCUT2D eigenvalue weighted by atomic mass is 9.99. The molecule has 0 saturated carbocycles. The molecule has 3 atom stereocenters. The fourth-order valence-corrected chi connectivity index (χ4v) is 1.77. The Bertz CT molecular complexity index is 186. The lowest BCUT2D eigenvalue weighted by molar-refractivity contribution is -0.128. The summed E-state index contributed by atoms with van der Waals surface area (Å²) < 4.78 is 5.55. The van der Waals surface area contributed by atoms with E-state index in [0.29, 0.717) is 5.92 Å². The molecule has 0 bridgehead atoms. The molecule has 2 heteroatoms. The lowest BCUT2D eigenvalue weighted by Gasteiger charge is -2.10. The monoisotopic (exact) mass is 168 g/mol. The summed E-state index contributed by atoms with van der Waals surface area (Å²) in [6, 6.07) is 0. The van der Waals surface area contributed by atoms with Crippen LogP contribution in [0.5, 0.6) is 0 Å². The second-order valence-electron chi connectivity index (χ2n) is 3.53. The Balaban J connectivity index is 2.49. The summed E-state index contributed by atoms with van der Waals surface area (Å²) in [7, 11) is 0. The molecule has 0 amide bonds. The minimum Gasteiger partial charge on any atom is -0.367 e. The molecule has 1 aliphatic rings. The smallest absolute Gasteiger partial charge is 0.158 e. The van der Waals surface area contributed by atoms with E-state index in [1.54, 1.807) is 6.92 Å². The van der Waals surface area contributed by atoms with Crippen molar-refractivity contribution in [1.29, 1.82) is 0 Å². The molecule has 1 rings (SSSR count). The summed E-state index contributed by atoms with van der Waals surface area (Å²) in [6.45, 7) is 7.31. The van der Waals surface area contributed by atoms with Crippen LogP contribution in [0, 0.1) is 5.92 Å². The van der Waals surface area contributed by atoms with Gasteiger partial charge in [0.05, 0.1) is 6.10 Å². The fourth-order valence-electron chi connectivity index (χ4n) is 1.77. The van der Waals surface area contributed by atoms with Crippen molar-refractivity contribution in [3.05, 3.63) is 12.7 Å². The summed E-state index contributed by atoms with van der Waals surface area (Å²) in [5.41, 5.74) is 0. The molecule has 0 aliphatic carbocycles. The quantitative estimate of drug-likeness (QED) is 0.602. The number of Topliss-reactive ketones (excluding diaryl/α,β-unsaturated/α-hetero) is 1. The van der Waals surface area contributed by atoms with Gasteiger partial charge in [-0.05, 0) is 25.7 Å². The molecule has 0 aromatic heterocycles. The standard InChI is InChI=1S/C10H16O2/c1-4-5-9-6-7(2)10(12-9)8(3)11/h4,7,9-10H,1,5-6H2,2-3H3/t7-,9-,10-/m1/s1. The minimum absolute atomic E-state index is 0.147. The summed E-state index contributed by atoms with van der Waals surface area (Å²) in [5, 5.41) is 0. The first-order valence-corrected chi connectivity index (χ1v) is 4.42. The summed E-state index contributed by atoms with van der Waals surface area (Å²) in [5.74, 6) is 0.515. The average Bonchev–Trinajstić information content (AvgIpc) is 2.32. The Morgan fingerprint density at radius 3 is 2.83 bits per heavy atom. The van der Waals surface area contributed by atoms with E-state index in [9.17, 15) is 4.79 Å². The number of carbonyl (C=O) groups is 1. The minimum atomic E-state index is -0.171. The van der Waals surface area contributed by atoms with Gasteiger partial charge < -0.3 is 4.74 Å². The van der Waals surface area contributed by atoms with Gasteiger partial charge in [0, 0.05) is 0 Å². The van der Waals surface area contributed by atoms with Gasteiger partial charge in [-0.1, -0.05) is 13.0 Å². The van der Waals surface area contributed by atoms with E-state index in [1.807, 2.05) is 6.08 Å². The molecule has 1 fully saturated rings. The summed E-state index contributed by atoms with van der Waals surface area (Å²) in [4.78, 5) is 11.1. The van der Waals surface area contributed by atoms with Gasteiger partial charge in [-0.3, -0.25) is 4.79 Å². The molecular weight excluding hydrogens is 152 g/mol. The largest absolute Gasteiger partial charge is 0.367 e. The highest BCUT2D eigenvalue weighted by Crippen LogP contribution is 2.28.